The fraction of sp³-hybridized carbons (Fsp3) is 1.00. The molecular weight excluding hydrogens is 260 g/mol. The molecule has 0 spiro atoms. The average Bonchev–Trinajstić information content (AvgIpc) is 3.03. The summed E-state index contributed by atoms with van der Waals surface area (Å²) >= 11 is 0. The van der Waals surface area contributed by atoms with E-state index >= 15 is 0 Å². The number of sulfonamides is 1. The topological polar surface area (TPSA) is 49.4 Å². The van der Waals surface area contributed by atoms with Crippen LogP contribution in [0.2, 0.25) is 0 Å². The Morgan fingerprint density at radius 3 is 2.47 bits per heavy atom. The maximum Gasteiger partial charge on any atom is 0.211 e. The lowest BCUT2D eigenvalue weighted by atomic mass is 9.94. The zero-order valence-electron chi connectivity index (χ0n) is 12.5. The van der Waals surface area contributed by atoms with Gasteiger partial charge in [-0.25, -0.2) is 13.1 Å². The van der Waals surface area contributed by atoms with Crippen molar-refractivity contribution in [3.8, 4) is 0 Å². The number of hydrogen-bond acceptors (Lipinski definition) is 3. The summed E-state index contributed by atoms with van der Waals surface area (Å²) in [6.45, 7) is 9.08. The molecule has 5 heteroatoms. The van der Waals surface area contributed by atoms with Gasteiger partial charge in [-0.3, -0.25) is 0 Å². The van der Waals surface area contributed by atoms with Gasteiger partial charge in [-0.2, -0.15) is 0 Å². The third-order valence-corrected chi connectivity index (χ3v) is 5.44. The van der Waals surface area contributed by atoms with Gasteiger partial charge in [-0.05, 0) is 43.6 Å². The minimum absolute atomic E-state index is 0.0743. The molecule has 1 saturated heterocycles. The fourth-order valence-corrected chi connectivity index (χ4v) is 4.07. The first-order chi connectivity index (χ1) is 8.75. The first kappa shape index (κ1) is 15.3. The second kappa shape index (κ2) is 5.70. The summed E-state index contributed by atoms with van der Waals surface area (Å²) in [5, 5.41) is 0. The van der Waals surface area contributed by atoms with Crippen LogP contribution in [0.25, 0.3) is 0 Å². The molecule has 1 unspecified atom stereocenters. The first-order valence-electron chi connectivity index (χ1n) is 7.47. The fourth-order valence-electron chi connectivity index (χ4n) is 2.56. The van der Waals surface area contributed by atoms with Gasteiger partial charge in [0.1, 0.15) is 0 Å². The van der Waals surface area contributed by atoms with E-state index < -0.39 is 10.0 Å². The van der Waals surface area contributed by atoms with Crippen molar-refractivity contribution in [2.75, 3.05) is 25.4 Å². The molecular formula is C14H28N2O2S. The Kier molecular flexibility index (Phi) is 4.58. The van der Waals surface area contributed by atoms with Crippen molar-refractivity contribution < 1.29 is 8.42 Å². The van der Waals surface area contributed by atoms with Gasteiger partial charge in [-0.1, -0.05) is 20.8 Å². The van der Waals surface area contributed by atoms with E-state index in [2.05, 4.69) is 30.4 Å². The van der Waals surface area contributed by atoms with Crippen LogP contribution in [0.1, 0.15) is 46.5 Å². The number of nitrogens with zero attached hydrogens (tertiary/aromatic N) is 1. The van der Waals surface area contributed by atoms with Crippen molar-refractivity contribution in [1.29, 1.82) is 0 Å². The van der Waals surface area contributed by atoms with Crippen LogP contribution in [0.4, 0.5) is 0 Å². The molecule has 112 valence electrons. The van der Waals surface area contributed by atoms with Gasteiger partial charge < -0.3 is 4.90 Å². The summed E-state index contributed by atoms with van der Waals surface area (Å²) in [5.74, 6) is 0.750. The molecule has 19 heavy (non-hydrogen) atoms. The molecule has 1 heterocycles. The SMILES string of the molecule is CC(C)(C)CCS(=O)(=O)NCC1CCN(C2CC2)C1. The van der Waals surface area contributed by atoms with Crippen molar-refractivity contribution in [2.45, 2.75) is 52.5 Å². The zero-order chi connectivity index (χ0) is 14.1. The average molecular weight is 288 g/mol. The Morgan fingerprint density at radius 2 is 1.89 bits per heavy atom. The Labute approximate surface area is 118 Å². The molecule has 1 atom stereocenters. The number of likely N-dealkylation sites (tertiary alicyclic amines) is 1. The van der Waals surface area contributed by atoms with Crippen molar-refractivity contribution in [1.82, 2.24) is 9.62 Å². The predicted octanol–water partition coefficient (Wildman–Crippen LogP) is 1.83. The van der Waals surface area contributed by atoms with Gasteiger partial charge in [-0.15, -0.1) is 0 Å². The Hall–Kier alpha value is -0.130. The molecule has 1 aliphatic heterocycles. The number of nitrogens with one attached hydrogen (secondary N) is 1. The van der Waals surface area contributed by atoms with Crippen molar-refractivity contribution in [2.24, 2.45) is 11.3 Å². The van der Waals surface area contributed by atoms with Crippen LogP contribution in [0, 0.1) is 11.3 Å². The summed E-state index contributed by atoms with van der Waals surface area (Å²) in [7, 11) is -3.09. The molecule has 0 aromatic heterocycles. The van der Waals surface area contributed by atoms with Gasteiger partial charge in [0.05, 0.1) is 5.75 Å². The molecule has 2 aliphatic rings. The van der Waals surface area contributed by atoms with E-state index in [-0.39, 0.29) is 11.2 Å². The second-order valence-corrected chi connectivity index (χ2v) is 9.29. The van der Waals surface area contributed by atoms with Crippen LogP contribution < -0.4 is 4.72 Å². The highest BCUT2D eigenvalue weighted by atomic mass is 32.2. The lowest BCUT2D eigenvalue weighted by molar-refractivity contribution is 0.314. The normalized spacial score (nSPS) is 25.9. The van der Waals surface area contributed by atoms with E-state index in [9.17, 15) is 8.42 Å². The van der Waals surface area contributed by atoms with Crippen LogP contribution in [-0.2, 0) is 10.0 Å². The smallest absolute Gasteiger partial charge is 0.211 e. The highest BCUT2D eigenvalue weighted by Crippen LogP contribution is 2.31. The van der Waals surface area contributed by atoms with E-state index in [4.69, 9.17) is 0 Å². The lowest BCUT2D eigenvalue weighted by Crippen LogP contribution is -2.33. The standard InChI is InChI=1S/C14H28N2O2S/c1-14(2,3)7-9-19(17,18)15-10-12-6-8-16(11-12)13-4-5-13/h12-13,15H,4-11H2,1-3H3. The van der Waals surface area contributed by atoms with Gasteiger partial charge >= 0.3 is 0 Å². The summed E-state index contributed by atoms with van der Waals surface area (Å²) in [5.41, 5.74) is 0.0743. The van der Waals surface area contributed by atoms with Crippen molar-refractivity contribution in [3.63, 3.8) is 0 Å². The van der Waals surface area contributed by atoms with Crippen LogP contribution >= 0.6 is 0 Å². The van der Waals surface area contributed by atoms with Gasteiger partial charge in [0.15, 0.2) is 0 Å². The van der Waals surface area contributed by atoms with E-state index in [0.29, 0.717) is 18.9 Å². The van der Waals surface area contributed by atoms with E-state index in [1.807, 2.05) is 0 Å². The minimum atomic E-state index is -3.09. The molecule has 2 fully saturated rings. The Balaban J connectivity index is 1.69. The highest BCUT2D eigenvalue weighted by molar-refractivity contribution is 7.89. The van der Waals surface area contributed by atoms with Crippen LogP contribution in [0.15, 0.2) is 0 Å². The highest BCUT2D eigenvalue weighted by Gasteiger charge is 2.34. The van der Waals surface area contributed by atoms with Gasteiger partial charge in [0, 0.05) is 19.1 Å². The number of hydrogen-bond donors (Lipinski definition) is 1. The minimum Gasteiger partial charge on any atom is -0.300 e. The predicted molar refractivity (Wildman–Crippen MR) is 78.6 cm³/mol. The van der Waals surface area contributed by atoms with E-state index in [1.165, 1.54) is 12.8 Å². The molecule has 1 saturated carbocycles. The quantitative estimate of drug-likeness (QED) is 0.811. The molecule has 1 aliphatic carbocycles. The maximum absolute atomic E-state index is 11.9. The maximum atomic E-state index is 11.9. The molecule has 0 bridgehead atoms. The van der Waals surface area contributed by atoms with Crippen LogP contribution in [0.5, 0.6) is 0 Å². The van der Waals surface area contributed by atoms with Gasteiger partial charge in [0.2, 0.25) is 10.0 Å². The Morgan fingerprint density at radius 1 is 1.21 bits per heavy atom. The molecule has 0 aromatic carbocycles. The van der Waals surface area contributed by atoms with E-state index in [1.54, 1.807) is 0 Å². The summed E-state index contributed by atoms with van der Waals surface area (Å²) < 4.78 is 26.7. The van der Waals surface area contributed by atoms with Gasteiger partial charge in [0.25, 0.3) is 0 Å². The van der Waals surface area contributed by atoms with Crippen LogP contribution in [0.3, 0.4) is 0 Å². The second-order valence-electron chi connectivity index (χ2n) is 7.36. The largest absolute Gasteiger partial charge is 0.300 e. The molecule has 0 aromatic rings. The summed E-state index contributed by atoms with van der Waals surface area (Å²) in [6.07, 6.45) is 4.52. The van der Waals surface area contributed by atoms with Crippen molar-refractivity contribution in [3.05, 3.63) is 0 Å². The molecule has 0 amide bonds. The van der Waals surface area contributed by atoms with Crippen LogP contribution in [-0.4, -0.2) is 44.7 Å². The van der Waals surface area contributed by atoms with Crippen molar-refractivity contribution >= 4 is 10.0 Å². The first-order valence-corrected chi connectivity index (χ1v) is 9.12. The lowest BCUT2D eigenvalue weighted by Gasteiger charge is -2.19. The van der Waals surface area contributed by atoms with E-state index in [0.717, 1.165) is 25.6 Å². The Bertz CT molecular complexity index is 396. The molecule has 4 nitrogen and oxygen atoms in total. The molecule has 0 radical (unpaired) electrons. The number of rotatable bonds is 6. The molecule has 1 N–H and O–H groups in total. The molecule has 2 rings (SSSR count). The third kappa shape index (κ3) is 5.40. The zero-order valence-corrected chi connectivity index (χ0v) is 13.3. The summed E-state index contributed by atoms with van der Waals surface area (Å²) in [6, 6.07) is 0.808. The third-order valence-electron chi connectivity index (χ3n) is 4.09. The monoisotopic (exact) mass is 288 g/mol. The summed E-state index contributed by atoms with van der Waals surface area (Å²) in [4.78, 5) is 2.52.